The minimum absolute atomic E-state index is 0.758. The van der Waals surface area contributed by atoms with Gasteiger partial charge in [0.15, 0.2) is 0 Å². The molecule has 2 heterocycles. The molecule has 3 aromatic rings. The molecule has 0 aliphatic heterocycles. The van der Waals surface area contributed by atoms with E-state index < -0.39 is 0 Å². The molecular formula is C14H14N4S. The van der Waals surface area contributed by atoms with Crippen molar-refractivity contribution in [3.63, 3.8) is 0 Å². The van der Waals surface area contributed by atoms with Gasteiger partial charge < -0.3 is 5.73 Å². The lowest BCUT2D eigenvalue weighted by molar-refractivity contribution is 0.865. The van der Waals surface area contributed by atoms with Crippen LogP contribution in [0.15, 0.2) is 36.7 Å². The van der Waals surface area contributed by atoms with Crippen LogP contribution in [0.3, 0.4) is 0 Å². The van der Waals surface area contributed by atoms with Crippen LogP contribution in [-0.2, 0) is 0 Å². The Labute approximate surface area is 115 Å². The van der Waals surface area contributed by atoms with Crippen LogP contribution < -0.4 is 5.73 Å². The summed E-state index contributed by atoms with van der Waals surface area (Å²) in [6.45, 7) is 4.07. The third-order valence-electron chi connectivity index (χ3n) is 3.07. The van der Waals surface area contributed by atoms with Gasteiger partial charge in [0.1, 0.15) is 0 Å². The molecule has 0 aliphatic rings. The predicted octanol–water partition coefficient (Wildman–Crippen LogP) is 3.19. The number of nitrogen functional groups attached to an aromatic ring is 1. The molecule has 3 rings (SSSR count). The van der Waals surface area contributed by atoms with Gasteiger partial charge in [-0.15, -0.1) is 0 Å². The standard InChI is InChI=1S/C14H14N4S/c1-9-10(2)19-14(17-9)18-8-11(7-16-18)12-5-3-4-6-13(12)15/h3-8H,15H2,1-2H3. The zero-order chi connectivity index (χ0) is 13.4. The number of thiazole rings is 1. The molecule has 0 aliphatic carbocycles. The van der Waals surface area contributed by atoms with E-state index in [1.807, 2.05) is 43.6 Å². The monoisotopic (exact) mass is 270 g/mol. The number of aryl methyl sites for hydroxylation is 2. The summed E-state index contributed by atoms with van der Waals surface area (Å²) >= 11 is 1.64. The summed E-state index contributed by atoms with van der Waals surface area (Å²) in [5, 5.41) is 5.25. The fourth-order valence-corrected chi connectivity index (χ4v) is 2.72. The second-order valence-electron chi connectivity index (χ2n) is 4.40. The van der Waals surface area contributed by atoms with E-state index in [-0.39, 0.29) is 0 Å². The van der Waals surface area contributed by atoms with E-state index in [0.29, 0.717) is 0 Å². The maximum absolute atomic E-state index is 5.98. The van der Waals surface area contributed by atoms with E-state index in [4.69, 9.17) is 5.73 Å². The SMILES string of the molecule is Cc1nc(-n2cc(-c3ccccc3N)cn2)sc1C. The van der Waals surface area contributed by atoms with Crippen molar-refractivity contribution in [2.75, 3.05) is 5.73 Å². The average molecular weight is 270 g/mol. The van der Waals surface area contributed by atoms with E-state index in [2.05, 4.69) is 17.0 Å². The first-order valence-corrected chi connectivity index (χ1v) is 6.81. The Balaban J connectivity index is 2.02. The van der Waals surface area contributed by atoms with Crippen LogP contribution in [-0.4, -0.2) is 14.8 Å². The van der Waals surface area contributed by atoms with Gasteiger partial charge in [-0.2, -0.15) is 5.10 Å². The van der Waals surface area contributed by atoms with Gasteiger partial charge in [-0.1, -0.05) is 29.5 Å². The smallest absolute Gasteiger partial charge is 0.210 e. The highest BCUT2D eigenvalue weighted by Crippen LogP contribution is 2.27. The van der Waals surface area contributed by atoms with Gasteiger partial charge in [-0.3, -0.25) is 0 Å². The van der Waals surface area contributed by atoms with Crippen molar-refractivity contribution in [1.82, 2.24) is 14.8 Å². The lowest BCUT2D eigenvalue weighted by Crippen LogP contribution is -1.92. The van der Waals surface area contributed by atoms with Crippen LogP contribution in [0.4, 0.5) is 5.69 Å². The van der Waals surface area contributed by atoms with Gasteiger partial charge in [0, 0.05) is 27.9 Å². The van der Waals surface area contributed by atoms with Crippen LogP contribution in [0, 0.1) is 13.8 Å². The topological polar surface area (TPSA) is 56.7 Å². The first kappa shape index (κ1) is 11.9. The van der Waals surface area contributed by atoms with Crippen molar-refractivity contribution >= 4 is 17.0 Å². The number of hydrogen-bond donors (Lipinski definition) is 1. The zero-order valence-electron chi connectivity index (χ0n) is 10.8. The molecule has 0 saturated carbocycles. The third kappa shape index (κ3) is 2.13. The van der Waals surface area contributed by atoms with E-state index in [1.54, 1.807) is 16.0 Å². The van der Waals surface area contributed by atoms with Crippen LogP contribution in [0.2, 0.25) is 0 Å². The predicted molar refractivity (Wildman–Crippen MR) is 78.6 cm³/mol. The molecule has 0 spiro atoms. The Morgan fingerprint density at radius 2 is 2.00 bits per heavy atom. The fourth-order valence-electron chi connectivity index (χ4n) is 1.88. The number of nitrogens with two attached hydrogens (primary N) is 1. The molecule has 96 valence electrons. The number of hydrogen-bond acceptors (Lipinski definition) is 4. The quantitative estimate of drug-likeness (QED) is 0.727. The molecule has 1 aromatic carbocycles. The summed E-state index contributed by atoms with van der Waals surface area (Å²) in [7, 11) is 0. The maximum Gasteiger partial charge on any atom is 0.210 e. The van der Waals surface area contributed by atoms with Crippen molar-refractivity contribution in [2.24, 2.45) is 0 Å². The van der Waals surface area contributed by atoms with Gasteiger partial charge in [-0.25, -0.2) is 9.67 Å². The molecule has 4 nitrogen and oxygen atoms in total. The molecule has 0 bridgehead atoms. The number of aromatic nitrogens is 3. The van der Waals surface area contributed by atoms with Crippen LogP contribution in [0.1, 0.15) is 10.6 Å². The molecule has 0 unspecified atom stereocenters. The van der Waals surface area contributed by atoms with Gasteiger partial charge in [0.05, 0.1) is 11.9 Å². The lowest BCUT2D eigenvalue weighted by atomic mass is 10.1. The summed E-state index contributed by atoms with van der Waals surface area (Å²) in [6, 6.07) is 7.79. The summed E-state index contributed by atoms with van der Waals surface area (Å²) < 4.78 is 1.80. The number of nitrogens with zero attached hydrogens (tertiary/aromatic N) is 3. The minimum Gasteiger partial charge on any atom is -0.398 e. The van der Waals surface area contributed by atoms with E-state index in [9.17, 15) is 0 Å². The molecule has 2 aromatic heterocycles. The molecule has 2 N–H and O–H groups in total. The molecule has 0 saturated heterocycles. The molecule has 5 heteroatoms. The highest BCUT2D eigenvalue weighted by atomic mass is 32.1. The Hall–Kier alpha value is -2.14. The normalized spacial score (nSPS) is 10.8. The molecule has 19 heavy (non-hydrogen) atoms. The van der Waals surface area contributed by atoms with Gasteiger partial charge >= 0.3 is 0 Å². The van der Waals surface area contributed by atoms with Gasteiger partial charge in [0.25, 0.3) is 0 Å². The Kier molecular flexibility index (Phi) is 2.83. The lowest BCUT2D eigenvalue weighted by Gasteiger charge is -2.00. The van der Waals surface area contributed by atoms with Crippen molar-refractivity contribution in [2.45, 2.75) is 13.8 Å². The second kappa shape index (κ2) is 4.51. The van der Waals surface area contributed by atoms with Crippen molar-refractivity contribution in [3.05, 3.63) is 47.2 Å². The highest BCUT2D eigenvalue weighted by Gasteiger charge is 2.09. The second-order valence-corrected chi connectivity index (χ2v) is 5.58. The maximum atomic E-state index is 5.98. The van der Waals surface area contributed by atoms with Crippen molar-refractivity contribution in [1.29, 1.82) is 0 Å². The highest BCUT2D eigenvalue weighted by molar-refractivity contribution is 7.14. The number of para-hydroxylation sites is 1. The summed E-state index contributed by atoms with van der Waals surface area (Å²) in [4.78, 5) is 5.71. The zero-order valence-corrected chi connectivity index (χ0v) is 11.6. The molecule has 0 radical (unpaired) electrons. The first-order chi connectivity index (χ1) is 9.15. The third-order valence-corrected chi connectivity index (χ3v) is 4.13. The Morgan fingerprint density at radius 1 is 1.21 bits per heavy atom. The minimum atomic E-state index is 0.758. The van der Waals surface area contributed by atoms with Crippen LogP contribution in [0.5, 0.6) is 0 Å². The first-order valence-electron chi connectivity index (χ1n) is 5.99. The Morgan fingerprint density at radius 3 is 2.68 bits per heavy atom. The van der Waals surface area contributed by atoms with E-state index in [0.717, 1.165) is 27.6 Å². The number of benzene rings is 1. The number of rotatable bonds is 2. The van der Waals surface area contributed by atoms with Crippen LogP contribution in [0.25, 0.3) is 16.3 Å². The van der Waals surface area contributed by atoms with Crippen molar-refractivity contribution in [3.8, 4) is 16.3 Å². The molecule has 0 atom stereocenters. The fraction of sp³-hybridized carbons (Fsp3) is 0.143. The number of anilines is 1. The van der Waals surface area contributed by atoms with E-state index in [1.165, 1.54) is 4.88 Å². The largest absolute Gasteiger partial charge is 0.398 e. The average Bonchev–Trinajstić information content (AvgIpc) is 2.98. The van der Waals surface area contributed by atoms with Crippen molar-refractivity contribution < 1.29 is 0 Å². The van der Waals surface area contributed by atoms with Crippen LogP contribution >= 0.6 is 11.3 Å². The summed E-state index contributed by atoms with van der Waals surface area (Å²) in [5.74, 6) is 0. The summed E-state index contributed by atoms with van der Waals surface area (Å²) in [5.41, 5.74) is 9.79. The van der Waals surface area contributed by atoms with Gasteiger partial charge in [0.2, 0.25) is 5.13 Å². The summed E-state index contributed by atoms with van der Waals surface area (Å²) in [6.07, 6.45) is 3.78. The van der Waals surface area contributed by atoms with E-state index >= 15 is 0 Å². The molecular weight excluding hydrogens is 256 g/mol. The molecule has 0 fully saturated rings. The molecule has 0 amide bonds. The van der Waals surface area contributed by atoms with Gasteiger partial charge in [-0.05, 0) is 19.9 Å². The Bertz CT molecular complexity index is 707.